The van der Waals surface area contributed by atoms with E-state index in [1.807, 2.05) is 18.2 Å². The van der Waals surface area contributed by atoms with E-state index in [-0.39, 0.29) is 48.2 Å². The van der Waals surface area contributed by atoms with Crippen LogP contribution >= 0.6 is 0 Å². The van der Waals surface area contributed by atoms with Crippen LogP contribution in [0.1, 0.15) is 32.3 Å². The normalized spacial score (nSPS) is 15.5. The van der Waals surface area contributed by atoms with Gasteiger partial charge in [0, 0.05) is 45.1 Å². The smallest absolute Gasteiger partial charge is 0.243 e. The molecule has 194 valence electrons. The number of methoxy groups -OCH3 is 1. The number of carbonyl (C=O) groups excluding carboxylic acids is 3. The molecule has 0 spiro atoms. The highest BCUT2D eigenvalue weighted by Crippen LogP contribution is 2.23. The van der Waals surface area contributed by atoms with Crippen LogP contribution in [0.25, 0.3) is 0 Å². The topological polar surface area (TPSA) is 134 Å². The number of sulfonamides is 1. The van der Waals surface area contributed by atoms with Gasteiger partial charge in [-0.1, -0.05) is 18.2 Å². The predicted octanol–water partition coefficient (Wildman–Crippen LogP) is 1.67. The van der Waals surface area contributed by atoms with Crippen LogP contribution in [0, 0.1) is 0 Å². The van der Waals surface area contributed by atoms with Gasteiger partial charge in [-0.15, -0.1) is 0 Å². The number of hydrogen-bond donors (Lipinski definition) is 3. The zero-order valence-corrected chi connectivity index (χ0v) is 21.4. The number of hydrogen-bond acceptors (Lipinski definition) is 6. The molecule has 2 aromatic rings. The Balaban J connectivity index is 1.61. The van der Waals surface area contributed by atoms with Gasteiger partial charge in [0.2, 0.25) is 27.7 Å². The minimum Gasteiger partial charge on any atom is -0.496 e. The third-order valence-electron chi connectivity index (χ3n) is 5.92. The van der Waals surface area contributed by atoms with E-state index in [0.717, 1.165) is 5.56 Å². The van der Waals surface area contributed by atoms with Crippen molar-refractivity contribution in [2.24, 2.45) is 0 Å². The molecule has 10 nitrogen and oxygen atoms in total. The van der Waals surface area contributed by atoms with Gasteiger partial charge in [0.05, 0.1) is 12.0 Å². The van der Waals surface area contributed by atoms with Crippen molar-refractivity contribution in [3.05, 3.63) is 54.1 Å². The van der Waals surface area contributed by atoms with Crippen molar-refractivity contribution >= 4 is 33.4 Å². The molecule has 1 saturated heterocycles. The van der Waals surface area contributed by atoms with E-state index in [9.17, 15) is 22.8 Å². The Morgan fingerprint density at radius 2 is 1.64 bits per heavy atom. The van der Waals surface area contributed by atoms with Gasteiger partial charge in [0.25, 0.3) is 0 Å². The van der Waals surface area contributed by atoms with Crippen molar-refractivity contribution < 1.29 is 27.5 Å². The van der Waals surface area contributed by atoms with Crippen molar-refractivity contribution in [2.45, 2.75) is 50.1 Å². The average Bonchev–Trinajstić information content (AvgIpc) is 2.84. The van der Waals surface area contributed by atoms with Gasteiger partial charge in [0.1, 0.15) is 11.8 Å². The SMILES string of the molecule is COc1ccccc1C[C@@H](NC(C)=O)C(=O)NC1CCN(S(=O)(=O)c2ccc(NC(C)=O)cc2)CC1. The number of anilines is 1. The maximum atomic E-state index is 13.0. The van der Waals surface area contributed by atoms with Crippen molar-refractivity contribution in [3.8, 4) is 5.75 Å². The summed E-state index contributed by atoms with van der Waals surface area (Å²) in [5, 5.41) is 8.27. The maximum absolute atomic E-state index is 13.0. The van der Waals surface area contributed by atoms with Crippen LogP contribution in [0.15, 0.2) is 53.4 Å². The molecule has 11 heteroatoms. The van der Waals surface area contributed by atoms with E-state index in [1.165, 1.54) is 30.3 Å². The minimum absolute atomic E-state index is 0.140. The minimum atomic E-state index is -3.70. The lowest BCUT2D eigenvalue weighted by molar-refractivity contribution is -0.128. The molecule has 0 unspecified atom stereocenters. The lowest BCUT2D eigenvalue weighted by Gasteiger charge is -2.32. The fourth-order valence-corrected chi connectivity index (χ4v) is 5.62. The van der Waals surface area contributed by atoms with Gasteiger partial charge in [-0.3, -0.25) is 14.4 Å². The summed E-state index contributed by atoms with van der Waals surface area (Å²) in [6.07, 6.45) is 1.14. The Morgan fingerprint density at radius 3 is 2.22 bits per heavy atom. The van der Waals surface area contributed by atoms with E-state index >= 15 is 0 Å². The van der Waals surface area contributed by atoms with E-state index in [4.69, 9.17) is 4.74 Å². The second kappa shape index (κ2) is 12.0. The third-order valence-corrected chi connectivity index (χ3v) is 7.84. The summed E-state index contributed by atoms with van der Waals surface area (Å²) in [6, 6.07) is 12.3. The van der Waals surface area contributed by atoms with Crippen LogP contribution in [-0.2, 0) is 30.8 Å². The van der Waals surface area contributed by atoms with Gasteiger partial charge >= 0.3 is 0 Å². The number of ether oxygens (including phenoxy) is 1. The highest BCUT2D eigenvalue weighted by Gasteiger charge is 2.31. The van der Waals surface area contributed by atoms with Gasteiger partial charge in [0.15, 0.2) is 0 Å². The molecule has 3 N–H and O–H groups in total. The number of carbonyl (C=O) groups is 3. The molecule has 1 heterocycles. The monoisotopic (exact) mass is 516 g/mol. The fourth-order valence-electron chi connectivity index (χ4n) is 4.15. The maximum Gasteiger partial charge on any atom is 0.243 e. The molecule has 0 saturated carbocycles. The number of nitrogens with one attached hydrogen (secondary N) is 3. The van der Waals surface area contributed by atoms with E-state index in [1.54, 1.807) is 25.3 Å². The van der Waals surface area contributed by atoms with Crippen molar-refractivity contribution in [1.82, 2.24) is 14.9 Å². The number of benzene rings is 2. The Bertz CT molecular complexity index is 1190. The highest BCUT2D eigenvalue weighted by molar-refractivity contribution is 7.89. The first-order chi connectivity index (χ1) is 17.1. The molecule has 36 heavy (non-hydrogen) atoms. The van der Waals surface area contributed by atoms with E-state index in [0.29, 0.717) is 24.3 Å². The van der Waals surface area contributed by atoms with Gasteiger partial charge in [-0.2, -0.15) is 4.31 Å². The first-order valence-electron chi connectivity index (χ1n) is 11.7. The molecule has 2 aromatic carbocycles. The molecule has 1 aliphatic rings. The van der Waals surface area contributed by atoms with E-state index in [2.05, 4.69) is 16.0 Å². The van der Waals surface area contributed by atoms with Gasteiger partial charge in [-0.25, -0.2) is 8.42 Å². The predicted molar refractivity (Wildman–Crippen MR) is 135 cm³/mol. The first kappa shape index (κ1) is 27.2. The molecule has 0 radical (unpaired) electrons. The summed E-state index contributed by atoms with van der Waals surface area (Å²) in [5.74, 6) is -0.260. The van der Waals surface area contributed by atoms with Crippen LogP contribution in [0.4, 0.5) is 5.69 Å². The van der Waals surface area contributed by atoms with E-state index < -0.39 is 16.1 Å². The molecule has 0 bridgehead atoms. The molecular weight excluding hydrogens is 484 g/mol. The van der Waals surface area contributed by atoms with Crippen LogP contribution in [0.3, 0.4) is 0 Å². The molecule has 0 aromatic heterocycles. The van der Waals surface area contributed by atoms with Crippen molar-refractivity contribution in [2.75, 3.05) is 25.5 Å². The number of amides is 3. The molecule has 3 amide bonds. The Labute approximate surface area is 211 Å². The number of nitrogens with zero attached hydrogens (tertiary/aromatic N) is 1. The number of piperidine rings is 1. The molecule has 1 fully saturated rings. The Kier molecular flexibility index (Phi) is 9.05. The summed E-state index contributed by atoms with van der Waals surface area (Å²) < 4.78 is 32.8. The zero-order valence-electron chi connectivity index (χ0n) is 20.6. The van der Waals surface area contributed by atoms with Crippen LogP contribution in [0.2, 0.25) is 0 Å². The highest BCUT2D eigenvalue weighted by atomic mass is 32.2. The standard InChI is InChI=1S/C25H32N4O6S/c1-17(30)26-20-8-10-22(11-9-20)36(33,34)29-14-12-21(13-15-29)28-25(32)23(27-18(2)31)16-19-6-4-5-7-24(19)35-3/h4-11,21,23H,12-16H2,1-3H3,(H,26,30)(H,27,31)(H,28,32)/t23-/m1/s1. The van der Waals surface area contributed by atoms with Crippen LogP contribution in [0.5, 0.6) is 5.75 Å². The Morgan fingerprint density at radius 1 is 1.00 bits per heavy atom. The third kappa shape index (κ3) is 7.05. The van der Waals surface area contributed by atoms with Gasteiger partial charge < -0.3 is 20.7 Å². The number of rotatable bonds is 9. The fraction of sp³-hybridized carbons (Fsp3) is 0.400. The van der Waals surface area contributed by atoms with Gasteiger partial charge in [-0.05, 0) is 48.7 Å². The molecule has 3 rings (SSSR count). The summed E-state index contributed by atoms with van der Waals surface area (Å²) >= 11 is 0. The molecule has 0 aliphatic carbocycles. The summed E-state index contributed by atoms with van der Waals surface area (Å²) in [4.78, 5) is 36.1. The summed E-state index contributed by atoms with van der Waals surface area (Å²) in [5.41, 5.74) is 1.31. The number of para-hydroxylation sites is 1. The van der Waals surface area contributed by atoms with Crippen LogP contribution < -0.4 is 20.7 Å². The van der Waals surface area contributed by atoms with Crippen LogP contribution in [-0.4, -0.2) is 62.7 Å². The summed E-state index contributed by atoms with van der Waals surface area (Å²) in [7, 11) is -2.16. The second-order valence-corrected chi connectivity index (χ2v) is 10.6. The van der Waals surface area contributed by atoms with Crippen molar-refractivity contribution in [3.63, 3.8) is 0 Å². The Hall–Kier alpha value is -3.44. The molecule has 1 aliphatic heterocycles. The summed E-state index contributed by atoms with van der Waals surface area (Å²) in [6.45, 7) is 3.23. The average molecular weight is 517 g/mol. The van der Waals surface area contributed by atoms with Crippen molar-refractivity contribution in [1.29, 1.82) is 0 Å². The lowest BCUT2D eigenvalue weighted by Crippen LogP contribution is -2.53. The zero-order chi connectivity index (χ0) is 26.3. The second-order valence-electron chi connectivity index (χ2n) is 8.66. The quantitative estimate of drug-likeness (QED) is 0.464. The largest absolute Gasteiger partial charge is 0.496 e. The molecular formula is C25H32N4O6S. The lowest BCUT2D eigenvalue weighted by atomic mass is 10.0. The molecule has 1 atom stereocenters. The first-order valence-corrected chi connectivity index (χ1v) is 13.1.